The van der Waals surface area contributed by atoms with E-state index in [-0.39, 0.29) is 22.6 Å². The van der Waals surface area contributed by atoms with E-state index in [4.69, 9.17) is 9.63 Å². The fourth-order valence-electron chi connectivity index (χ4n) is 1.66. The van der Waals surface area contributed by atoms with Gasteiger partial charge in [-0.2, -0.15) is 8.78 Å². The Morgan fingerprint density at radius 3 is 2.84 bits per heavy atom. The van der Waals surface area contributed by atoms with Crippen molar-refractivity contribution in [1.82, 2.24) is 5.16 Å². The van der Waals surface area contributed by atoms with Gasteiger partial charge in [0.25, 0.3) is 0 Å². The number of hydrogen-bond donors (Lipinski definition) is 1. The number of aromatic nitrogens is 1. The second-order valence-corrected chi connectivity index (χ2v) is 3.70. The molecule has 0 bridgehead atoms. The highest BCUT2D eigenvalue weighted by atomic mass is 19.3. The summed E-state index contributed by atoms with van der Waals surface area (Å²) in [4.78, 5) is 11.0. The highest BCUT2D eigenvalue weighted by molar-refractivity contribution is 5.94. The molecule has 0 saturated heterocycles. The Balaban J connectivity index is 2.58. The van der Waals surface area contributed by atoms with Gasteiger partial charge in [0, 0.05) is 0 Å². The van der Waals surface area contributed by atoms with Crippen molar-refractivity contribution < 1.29 is 27.9 Å². The molecule has 1 aromatic carbocycles. The molecule has 2 rings (SSSR count). The number of ether oxygens (including phenoxy) is 1. The molecule has 0 saturated carbocycles. The topological polar surface area (TPSA) is 72.6 Å². The smallest absolute Gasteiger partial charge is 0.387 e. The molecule has 0 amide bonds. The number of alkyl halides is 2. The molecule has 100 valence electrons. The summed E-state index contributed by atoms with van der Waals surface area (Å²) in [5, 5.41) is 12.3. The van der Waals surface area contributed by atoms with Crippen LogP contribution in [0.5, 0.6) is 5.75 Å². The SMILES string of the molecule is Cc1cccc(-c2oncc2C(=O)O)c1OC(F)F. The van der Waals surface area contributed by atoms with Crippen molar-refractivity contribution in [2.75, 3.05) is 0 Å². The number of aromatic carboxylic acids is 1. The van der Waals surface area contributed by atoms with Crippen molar-refractivity contribution in [2.24, 2.45) is 0 Å². The van der Waals surface area contributed by atoms with Crippen molar-refractivity contribution in [3.8, 4) is 17.1 Å². The molecule has 5 nitrogen and oxygen atoms in total. The lowest BCUT2D eigenvalue weighted by Crippen LogP contribution is -2.05. The second-order valence-electron chi connectivity index (χ2n) is 3.70. The third-order valence-electron chi connectivity index (χ3n) is 2.46. The molecule has 1 N–H and O–H groups in total. The minimum atomic E-state index is -3.02. The van der Waals surface area contributed by atoms with Gasteiger partial charge in [-0.3, -0.25) is 0 Å². The van der Waals surface area contributed by atoms with Gasteiger partial charge in [0.15, 0.2) is 5.76 Å². The molecular formula is C12H9F2NO4. The van der Waals surface area contributed by atoms with E-state index < -0.39 is 12.6 Å². The Morgan fingerprint density at radius 1 is 1.47 bits per heavy atom. The van der Waals surface area contributed by atoms with Gasteiger partial charge >= 0.3 is 12.6 Å². The van der Waals surface area contributed by atoms with E-state index in [1.54, 1.807) is 19.1 Å². The van der Waals surface area contributed by atoms with Crippen LogP contribution in [0.15, 0.2) is 28.9 Å². The van der Waals surface area contributed by atoms with Gasteiger partial charge in [0.05, 0.1) is 11.8 Å². The van der Waals surface area contributed by atoms with Crippen LogP contribution in [0.3, 0.4) is 0 Å². The fourth-order valence-corrected chi connectivity index (χ4v) is 1.66. The number of para-hydroxylation sites is 1. The number of carboxylic acids is 1. The van der Waals surface area contributed by atoms with Gasteiger partial charge in [0.1, 0.15) is 11.3 Å². The van der Waals surface area contributed by atoms with Gasteiger partial charge in [0.2, 0.25) is 0 Å². The Labute approximate surface area is 106 Å². The van der Waals surface area contributed by atoms with E-state index in [0.717, 1.165) is 6.20 Å². The molecule has 2 aromatic rings. The van der Waals surface area contributed by atoms with Gasteiger partial charge < -0.3 is 14.4 Å². The molecule has 0 spiro atoms. The molecule has 7 heteroatoms. The first-order chi connectivity index (χ1) is 9.00. The maximum Gasteiger partial charge on any atom is 0.387 e. The van der Waals surface area contributed by atoms with E-state index in [1.165, 1.54) is 6.07 Å². The third-order valence-corrected chi connectivity index (χ3v) is 2.46. The van der Waals surface area contributed by atoms with E-state index in [1.807, 2.05) is 0 Å². The molecule has 0 atom stereocenters. The zero-order valence-corrected chi connectivity index (χ0v) is 9.76. The number of carboxylic acid groups (broad SMARTS) is 1. The van der Waals surface area contributed by atoms with Gasteiger partial charge in [-0.05, 0) is 18.6 Å². The van der Waals surface area contributed by atoms with Crippen LogP contribution < -0.4 is 4.74 Å². The Morgan fingerprint density at radius 2 is 2.21 bits per heavy atom. The Bertz CT molecular complexity index is 610. The largest absolute Gasteiger partial charge is 0.477 e. The van der Waals surface area contributed by atoms with Crippen molar-refractivity contribution in [2.45, 2.75) is 13.5 Å². The van der Waals surface area contributed by atoms with Crippen LogP contribution in [0.25, 0.3) is 11.3 Å². The number of carbonyl (C=O) groups is 1. The molecule has 1 heterocycles. The highest BCUT2D eigenvalue weighted by Crippen LogP contribution is 2.35. The normalized spacial score (nSPS) is 10.7. The summed E-state index contributed by atoms with van der Waals surface area (Å²) in [5.74, 6) is -1.51. The minimum absolute atomic E-state index is 0.119. The van der Waals surface area contributed by atoms with Gasteiger partial charge in [-0.1, -0.05) is 17.3 Å². The average Bonchev–Trinajstić information content (AvgIpc) is 2.80. The second kappa shape index (κ2) is 5.05. The first-order valence-electron chi connectivity index (χ1n) is 5.23. The van der Waals surface area contributed by atoms with Crippen LogP contribution in [0.1, 0.15) is 15.9 Å². The molecule has 0 unspecified atom stereocenters. The van der Waals surface area contributed by atoms with Crippen LogP contribution in [-0.2, 0) is 0 Å². The molecule has 0 radical (unpaired) electrons. The van der Waals surface area contributed by atoms with E-state index in [9.17, 15) is 13.6 Å². The maximum atomic E-state index is 12.4. The van der Waals surface area contributed by atoms with Crippen molar-refractivity contribution in [3.63, 3.8) is 0 Å². The zero-order valence-electron chi connectivity index (χ0n) is 9.76. The van der Waals surface area contributed by atoms with E-state index >= 15 is 0 Å². The lowest BCUT2D eigenvalue weighted by atomic mass is 10.0. The first-order valence-corrected chi connectivity index (χ1v) is 5.23. The highest BCUT2D eigenvalue weighted by Gasteiger charge is 2.22. The number of aryl methyl sites for hydroxylation is 1. The number of rotatable bonds is 4. The molecule has 0 aliphatic carbocycles. The van der Waals surface area contributed by atoms with Crippen LogP contribution in [-0.4, -0.2) is 22.8 Å². The summed E-state index contributed by atoms with van der Waals surface area (Å²) in [6.07, 6.45) is 1.01. The molecule has 0 fully saturated rings. The Hall–Kier alpha value is -2.44. The van der Waals surface area contributed by atoms with Crippen LogP contribution in [0.2, 0.25) is 0 Å². The zero-order chi connectivity index (χ0) is 14.0. The molecule has 19 heavy (non-hydrogen) atoms. The van der Waals surface area contributed by atoms with Crippen molar-refractivity contribution >= 4 is 5.97 Å². The fraction of sp³-hybridized carbons (Fsp3) is 0.167. The standard InChI is InChI=1S/C12H9F2NO4/c1-6-3-2-4-7(9(6)18-12(13)14)10-8(11(16)17)5-15-19-10/h2-5,12H,1H3,(H,16,17). The first kappa shape index (κ1) is 13.0. The van der Waals surface area contributed by atoms with Crippen LogP contribution >= 0.6 is 0 Å². The summed E-state index contributed by atoms with van der Waals surface area (Å²) < 4.78 is 34.0. The van der Waals surface area contributed by atoms with E-state index in [0.29, 0.717) is 5.56 Å². The number of halogens is 2. The maximum absolute atomic E-state index is 12.4. The van der Waals surface area contributed by atoms with E-state index in [2.05, 4.69) is 9.89 Å². The van der Waals surface area contributed by atoms with Gasteiger partial charge in [-0.15, -0.1) is 0 Å². The molecule has 0 aliphatic rings. The Kier molecular flexibility index (Phi) is 3.46. The number of hydrogen-bond acceptors (Lipinski definition) is 4. The summed E-state index contributed by atoms with van der Waals surface area (Å²) in [5.41, 5.74) is 0.338. The summed E-state index contributed by atoms with van der Waals surface area (Å²) >= 11 is 0. The predicted octanol–water partition coefficient (Wildman–Crippen LogP) is 2.95. The minimum Gasteiger partial charge on any atom is -0.477 e. The van der Waals surface area contributed by atoms with Crippen molar-refractivity contribution in [1.29, 1.82) is 0 Å². The molecule has 1 aromatic heterocycles. The monoisotopic (exact) mass is 269 g/mol. The quantitative estimate of drug-likeness (QED) is 0.923. The van der Waals surface area contributed by atoms with Crippen LogP contribution in [0.4, 0.5) is 8.78 Å². The summed E-state index contributed by atoms with van der Waals surface area (Å²) in [6, 6.07) is 4.58. The lowest BCUT2D eigenvalue weighted by Gasteiger charge is -2.11. The van der Waals surface area contributed by atoms with Gasteiger partial charge in [-0.25, -0.2) is 4.79 Å². The third kappa shape index (κ3) is 2.54. The molecule has 0 aliphatic heterocycles. The molecular weight excluding hydrogens is 260 g/mol. The lowest BCUT2D eigenvalue weighted by molar-refractivity contribution is -0.0499. The number of nitrogens with zero attached hydrogens (tertiary/aromatic N) is 1. The van der Waals surface area contributed by atoms with Crippen molar-refractivity contribution in [3.05, 3.63) is 35.5 Å². The average molecular weight is 269 g/mol. The predicted molar refractivity (Wildman–Crippen MR) is 60.3 cm³/mol. The summed E-state index contributed by atoms with van der Waals surface area (Å²) in [6.45, 7) is -1.45. The number of benzene rings is 1. The van der Waals surface area contributed by atoms with Crippen LogP contribution in [0, 0.1) is 6.92 Å². The summed E-state index contributed by atoms with van der Waals surface area (Å²) in [7, 11) is 0.